The van der Waals surface area contributed by atoms with E-state index in [2.05, 4.69) is 19.2 Å². The van der Waals surface area contributed by atoms with E-state index in [1.54, 1.807) is 0 Å². The SMILES string of the molecule is CCC1CC2CC(C)CC(C2)[C@@]12OO[C@@]1(CCC[C@@H](CC(=O)N3CCNCC3)C1)O2. The molecule has 0 radical (unpaired) electrons. The third kappa shape index (κ3) is 3.82. The number of carbonyl (C=O) groups is 1. The van der Waals surface area contributed by atoms with Crippen LogP contribution in [0.25, 0.3) is 0 Å². The Hall–Kier alpha value is -0.690. The van der Waals surface area contributed by atoms with Crippen LogP contribution in [0.1, 0.15) is 78.1 Å². The smallest absolute Gasteiger partial charge is 0.222 e. The number of hydrogen-bond acceptors (Lipinski definition) is 5. The zero-order chi connectivity index (χ0) is 20.8. The van der Waals surface area contributed by atoms with Crippen LogP contribution in [0.3, 0.4) is 0 Å². The van der Waals surface area contributed by atoms with Crippen LogP contribution in [0, 0.1) is 29.6 Å². The van der Waals surface area contributed by atoms with E-state index < -0.39 is 11.6 Å². The van der Waals surface area contributed by atoms with Crippen molar-refractivity contribution >= 4 is 5.91 Å². The molecule has 0 aromatic rings. The molecule has 5 aliphatic rings. The zero-order valence-corrected chi connectivity index (χ0v) is 18.9. The maximum atomic E-state index is 12.8. The molecule has 1 N–H and O–H groups in total. The highest BCUT2D eigenvalue weighted by molar-refractivity contribution is 5.76. The van der Waals surface area contributed by atoms with Crippen LogP contribution >= 0.6 is 0 Å². The number of carbonyl (C=O) groups excluding carboxylic acids is 1. The second kappa shape index (κ2) is 8.34. The van der Waals surface area contributed by atoms with Gasteiger partial charge in [0.25, 0.3) is 0 Å². The minimum absolute atomic E-state index is 0.292. The molecular weight excluding hydrogens is 380 g/mol. The average Bonchev–Trinajstić information content (AvgIpc) is 3.11. The largest absolute Gasteiger partial charge is 0.340 e. The van der Waals surface area contributed by atoms with Gasteiger partial charge in [-0.05, 0) is 62.7 Å². The monoisotopic (exact) mass is 420 g/mol. The summed E-state index contributed by atoms with van der Waals surface area (Å²) in [6, 6.07) is 0. The molecule has 170 valence electrons. The van der Waals surface area contributed by atoms with E-state index in [0.29, 0.717) is 30.1 Å². The maximum absolute atomic E-state index is 12.8. The van der Waals surface area contributed by atoms with Crippen molar-refractivity contribution in [1.29, 1.82) is 0 Å². The van der Waals surface area contributed by atoms with Gasteiger partial charge in [0, 0.05) is 57.3 Å². The van der Waals surface area contributed by atoms with Crippen molar-refractivity contribution in [2.75, 3.05) is 26.2 Å². The summed E-state index contributed by atoms with van der Waals surface area (Å²) in [6.07, 6.45) is 10.4. The Balaban J connectivity index is 1.28. The highest BCUT2D eigenvalue weighted by Gasteiger charge is 2.63. The lowest BCUT2D eigenvalue weighted by Crippen LogP contribution is -2.55. The van der Waals surface area contributed by atoms with Gasteiger partial charge in [0.15, 0.2) is 0 Å². The van der Waals surface area contributed by atoms with Gasteiger partial charge < -0.3 is 15.0 Å². The van der Waals surface area contributed by atoms with Gasteiger partial charge in [-0.2, -0.15) is 9.78 Å². The molecule has 5 rings (SSSR count). The van der Waals surface area contributed by atoms with Gasteiger partial charge in [-0.3, -0.25) is 4.79 Å². The van der Waals surface area contributed by atoms with Crippen molar-refractivity contribution in [2.45, 2.75) is 89.6 Å². The maximum Gasteiger partial charge on any atom is 0.222 e. The Labute approximate surface area is 181 Å². The van der Waals surface area contributed by atoms with E-state index in [9.17, 15) is 4.79 Å². The van der Waals surface area contributed by atoms with E-state index in [0.717, 1.165) is 70.1 Å². The fraction of sp³-hybridized carbons (Fsp3) is 0.958. The van der Waals surface area contributed by atoms with Crippen molar-refractivity contribution in [3.8, 4) is 0 Å². The minimum Gasteiger partial charge on any atom is -0.340 e. The number of nitrogens with zero attached hydrogens (tertiary/aromatic N) is 1. The molecule has 4 unspecified atom stereocenters. The van der Waals surface area contributed by atoms with E-state index in [1.807, 2.05) is 4.90 Å². The van der Waals surface area contributed by atoms with Crippen LogP contribution < -0.4 is 5.32 Å². The second-order valence-electron chi connectivity index (χ2n) is 10.9. The Kier molecular flexibility index (Phi) is 5.89. The summed E-state index contributed by atoms with van der Waals surface area (Å²) in [4.78, 5) is 27.2. The summed E-state index contributed by atoms with van der Waals surface area (Å²) < 4.78 is 6.93. The Morgan fingerprint density at radius 1 is 1.13 bits per heavy atom. The van der Waals surface area contributed by atoms with E-state index in [4.69, 9.17) is 14.5 Å². The standard InChI is InChI=1S/C24H40N2O4/c1-3-20-13-19-11-17(2)12-21(14-19)24(20)28-23(29-30-24)6-4-5-18(16-23)15-22(27)26-9-7-25-8-10-26/h17-21,25H,3-16H2,1-2H3/t17?,18-,19?,20?,21?,23+,24-/m0/s1. The normalized spacial score (nSPS) is 46.5. The summed E-state index contributed by atoms with van der Waals surface area (Å²) in [5, 5.41) is 3.33. The lowest BCUT2D eigenvalue weighted by molar-refractivity contribution is -0.382. The van der Waals surface area contributed by atoms with E-state index >= 15 is 0 Å². The molecule has 2 bridgehead atoms. The fourth-order valence-corrected chi connectivity index (χ4v) is 7.32. The van der Waals surface area contributed by atoms with Gasteiger partial charge in [0.05, 0.1) is 0 Å². The van der Waals surface area contributed by atoms with Gasteiger partial charge in [-0.15, -0.1) is 0 Å². The molecule has 0 aromatic heterocycles. The summed E-state index contributed by atoms with van der Waals surface area (Å²) >= 11 is 0. The van der Waals surface area contributed by atoms with Crippen LogP contribution in [0.4, 0.5) is 0 Å². The molecule has 3 saturated carbocycles. The third-order valence-electron chi connectivity index (χ3n) is 8.66. The summed E-state index contributed by atoms with van der Waals surface area (Å²) in [7, 11) is 0. The zero-order valence-electron chi connectivity index (χ0n) is 18.9. The molecule has 7 atom stereocenters. The molecule has 6 heteroatoms. The summed E-state index contributed by atoms with van der Waals surface area (Å²) in [5.74, 6) is 1.81. The van der Waals surface area contributed by atoms with Crippen molar-refractivity contribution < 1.29 is 19.3 Å². The number of rotatable bonds is 3. The van der Waals surface area contributed by atoms with Crippen LogP contribution in [-0.2, 0) is 19.3 Å². The fourth-order valence-electron chi connectivity index (χ4n) is 7.32. The highest BCUT2D eigenvalue weighted by atomic mass is 17.3. The Morgan fingerprint density at radius 3 is 2.77 bits per heavy atom. The molecule has 30 heavy (non-hydrogen) atoms. The molecular formula is C24H40N2O4. The van der Waals surface area contributed by atoms with Crippen molar-refractivity contribution in [1.82, 2.24) is 10.2 Å². The van der Waals surface area contributed by atoms with Gasteiger partial charge in [-0.1, -0.05) is 13.8 Å². The van der Waals surface area contributed by atoms with Gasteiger partial charge in [0.1, 0.15) is 0 Å². The van der Waals surface area contributed by atoms with E-state index in [-0.39, 0.29) is 0 Å². The third-order valence-corrected chi connectivity index (χ3v) is 8.66. The predicted molar refractivity (Wildman–Crippen MR) is 113 cm³/mol. The lowest BCUT2D eigenvalue weighted by Gasteiger charge is -2.51. The summed E-state index contributed by atoms with van der Waals surface area (Å²) in [5.41, 5.74) is 0. The number of fused-ring (bicyclic) bond motifs is 3. The first-order chi connectivity index (χ1) is 14.5. The average molecular weight is 421 g/mol. The molecule has 3 aliphatic carbocycles. The number of ether oxygens (including phenoxy) is 1. The van der Waals surface area contributed by atoms with Crippen LogP contribution in [0.2, 0.25) is 0 Å². The molecule has 5 fully saturated rings. The molecule has 2 saturated heterocycles. The number of piperazine rings is 1. The summed E-state index contributed by atoms with van der Waals surface area (Å²) in [6.45, 7) is 8.11. The molecule has 0 aromatic carbocycles. The van der Waals surface area contributed by atoms with Crippen molar-refractivity contribution in [2.24, 2.45) is 29.6 Å². The molecule has 2 heterocycles. The first-order valence-electron chi connectivity index (χ1n) is 12.6. The van der Waals surface area contributed by atoms with Crippen LogP contribution in [0.15, 0.2) is 0 Å². The number of hydrogen-bond donors (Lipinski definition) is 1. The molecule has 1 amide bonds. The lowest BCUT2D eigenvalue weighted by atomic mass is 9.61. The van der Waals surface area contributed by atoms with E-state index in [1.165, 1.54) is 25.7 Å². The molecule has 6 nitrogen and oxygen atoms in total. The quantitative estimate of drug-likeness (QED) is 0.703. The van der Waals surface area contributed by atoms with Crippen LogP contribution in [-0.4, -0.2) is 48.6 Å². The first-order valence-corrected chi connectivity index (χ1v) is 12.6. The second-order valence-corrected chi connectivity index (χ2v) is 10.9. The highest BCUT2D eigenvalue weighted by Crippen LogP contribution is 2.59. The van der Waals surface area contributed by atoms with Crippen LogP contribution in [0.5, 0.6) is 0 Å². The van der Waals surface area contributed by atoms with Crippen molar-refractivity contribution in [3.63, 3.8) is 0 Å². The van der Waals surface area contributed by atoms with Gasteiger partial charge >= 0.3 is 0 Å². The topological polar surface area (TPSA) is 60.0 Å². The molecule has 2 spiro atoms. The number of nitrogens with one attached hydrogen (secondary N) is 1. The minimum atomic E-state index is -0.645. The van der Waals surface area contributed by atoms with Gasteiger partial charge in [0.2, 0.25) is 17.5 Å². The van der Waals surface area contributed by atoms with Crippen molar-refractivity contribution in [3.05, 3.63) is 0 Å². The predicted octanol–water partition coefficient (Wildman–Crippen LogP) is 3.85. The Morgan fingerprint density at radius 2 is 1.97 bits per heavy atom. The Bertz CT molecular complexity index is 637. The van der Waals surface area contributed by atoms with Gasteiger partial charge in [-0.25, -0.2) is 0 Å². The molecule has 2 aliphatic heterocycles. The number of amides is 1. The first kappa shape index (κ1) is 21.2.